The maximum atomic E-state index is 11.4. The highest BCUT2D eigenvalue weighted by atomic mass is 16.4. The van der Waals surface area contributed by atoms with E-state index in [0.717, 1.165) is 0 Å². The molecule has 0 spiro atoms. The summed E-state index contributed by atoms with van der Waals surface area (Å²) in [6.45, 7) is 4.65. The standard InChI is InChI=1S/C11H20N2O3/c1-8(3-4-9(14)15)13-10(16)12-7-11(2)5-6-11/h8H,3-7H2,1-2H3,(H,14,15)(H2,12,13,16). The van der Waals surface area contributed by atoms with Gasteiger partial charge in [-0.2, -0.15) is 0 Å². The summed E-state index contributed by atoms with van der Waals surface area (Å²) in [7, 11) is 0. The summed E-state index contributed by atoms with van der Waals surface area (Å²) < 4.78 is 0. The number of rotatable bonds is 6. The van der Waals surface area contributed by atoms with E-state index in [1.807, 2.05) is 0 Å². The van der Waals surface area contributed by atoms with Crippen molar-refractivity contribution in [1.29, 1.82) is 0 Å². The Morgan fingerprint density at radius 1 is 1.44 bits per heavy atom. The van der Waals surface area contributed by atoms with Crippen molar-refractivity contribution in [3.8, 4) is 0 Å². The fourth-order valence-corrected chi connectivity index (χ4v) is 1.37. The molecule has 5 nitrogen and oxygen atoms in total. The maximum absolute atomic E-state index is 11.4. The van der Waals surface area contributed by atoms with E-state index in [4.69, 9.17) is 5.11 Å². The van der Waals surface area contributed by atoms with Gasteiger partial charge in [-0.05, 0) is 31.6 Å². The van der Waals surface area contributed by atoms with Gasteiger partial charge in [-0.15, -0.1) is 0 Å². The summed E-state index contributed by atoms with van der Waals surface area (Å²) in [5.41, 5.74) is 0.293. The molecule has 1 rings (SSSR count). The summed E-state index contributed by atoms with van der Waals surface area (Å²) in [4.78, 5) is 21.7. The van der Waals surface area contributed by atoms with Crippen LogP contribution in [0.5, 0.6) is 0 Å². The molecule has 3 N–H and O–H groups in total. The fourth-order valence-electron chi connectivity index (χ4n) is 1.37. The summed E-state index contributed by atoms with van der Waals surface area (Å²) in [5.74, 6) is -0.834. The van der Waals surface area contributed by atoms with Crippen molar-refractivity contribution in [1.82, 2.24) is 10.6 Å². The number of carboxylic acid groups (broad SMARTS) is 1. The first-order valence-corrected chi connectivity index (χ1v) is 5.67. The van der Waals surface area contributed by atoms with Crippen LogP contribution in [0.15, 0.2) is 0 Å². The molecule has 5 heteroatoms. The van der Waals surface area contributed by atoms with E-state index in [2.05, 4.69) is 17.6 Å². The second kappa shape index (κ2) is 5.18. The average molecular weight is 228 g/mol. The molecule has 16 heavy (non-hydrogen) atoms. The van der Waals surface area contributed by atoms with Gasteiger partial charge in [0.1, 0.15) is 0 Å². The zero-order valence-electron chi connectivity index (χ0n) is 9.88. The van der Waals surface area contributed by atoms with E-state index < -0.39 is 5.97 Å². The van der Waals surface area contributed by atoms with Crippen molar-refractivity contribution in [2.24, 2.45) is 5.41 Å². The molecule has 0 radical (unpaired) electrons. The monoisotopic (exact) mass is 228 g/mol. The van der Waals surface area contributed by atoms with E-state index in [0.29, 0.717) is 18.4 Å². The van der Waals surface area contributed by atoms with Gasteiger partial charge >= 0.3 is 12.0 Å². The Bertz CT molecular complexity index is 274. The van der Waals surface area contributed by atoms with E-state index in [-0.39, 0.29) is 18.5 Å². The minimum Gasteiger partial charge on any atom is -0.481 e. The quantitative estimate of drug-likeness (QED) is 0.642. The van der Waals surface area contributed by atoms with E-state index in [1.165, 1.54) is 12.8 Å². The van der Waals surface area contributed by atoms with Crippen LogP contribution in [-0.4, -0.2) is 29.7 Å². The van der Waals surface area contributed by atoms with Crippen molar-refractivity contribution < 1.29 is 14.7 Å². The molecule has 92 valence electrons. The highest BCUT2D eigenvalue weighted by Gasteiger charge is 2.37. The summed E-state index contributed by atoms with van der Waals surface area (Å²) in [5, 5.41) is 14.0. The number of hydrogen-bond donors (Lipinski definition) is 3. The molecule has 0 aromatic rings. The van der Waals surface area contributed by atoms with Crippen molar-refractivity contribution in [2.45, 2.75) is 45.6 Å². The summed E-state index contributed by atoms with van der Waals surface area (Å²) >= 11 is 0. The van der Waals surface area contributed by atoms with Crippen molar-refractivity contribution >= 4 is 12.0 Å². The van der Waals surface area contributed by atoms with Crippen LogP contribution in [0.25, 0.3) is 0 Å². The van der Waals surface area contributed by atoms with Gasteiger partial charge < -0.3 is 15.7 Å². The Kier molecular flexibility index (Phi) is 4.15. The normalized spacial score (nSPS) is 18.6. The lowest BCUT2D eigenvalue weighted by Gasteiger charge is -2.15. The fraction of sp³-hybridized carbons (Fsp3) is 0.818. The molecule has 1 aliphatic carbocycles. The number of carboxylic acids is 1. The van der Waals surface area contributed by atoms with Crippen LogP contribution in [-0.2, 0) is 4.79 Å². The van der Waals surface area contributed by atoms with Gasteiger partial charge in [-0.1, -0.05) is 6.92 Å². The Hall–Kier alpha value is -1.26. The molecule has 1 fully saturated rings. The minimum atomic E-state index is -0.834. The summed E-state index contributed by atoms with van der Waals surface area (Å²) in [6.07, 6.45) is 2.88. The van der Waals surface area contributed by atoms with E-state index in [1.54, 1.807) is 6.92 Å². The third-order valence-corrected chi connectivity index (χ3v) is 2.95. The molecule has 0 bridgehead atoms. The average Bonchev–Trinajstić information content (AvgIpc) is 2.91. The molecule has 1 aliphatic rings. The predicted octanol–water partition coefficient (Wildman–Crippen LogP) is 1.34. The number of carbonyl (C=O) groups excluding carboxylic acids is 1. The van der Waals surface area contributed by atoms with Crippen LogP contribution in [0.4, 0.5) is 4.79 Å². The Labute approximate surface area is 95.6 Å². The van der Waals surface area contributed by atoms with E-state index >= 15 is 0 Å². The van der Waals surface area contributed by atoms with E-state index in [9.17, 15) is 9.59 Å². The molecule has 2 amide bonds. The highest BCUT2D eigenvalue weighted by molar-refractivity contribution is 5.74. The highest BCUT2D eigenvalue weighted by Crippen LogP contribution is 2.43. The topological polar surface area (TPSA) is 78.4 Å². The second-order valence-corrected chi connectivity index (χ2v) is 4.97. The molecule has 1 atom stereocenters. The van der Waals surface area contributed by atoms with Gasteiger partial charge in [0.15, 0.2) is 0 Å². The number of urea groups is 1. The first-order valence-electron chi connectivity index (χ1n) is 5.67. The smallest absolute Gasteiger partial charge is 0.315 e. The first kappa shape index (κ1) is 12.8. The SMILES string of the molecule is CC(CCC(=O)O)NC(=O)NCC1(C)CC1. The van der Waals surface area contributed by atoms with Crippen LogP contribution in [0.1, 0.15) is 39.5 Å². The Morgan fingerprint density at radius 2 is 2.06 bits per heavy atom. The van der Waals surface area contributed by atoms with Gasteiger partial charge in [0.25, 0.3) is 0 Å². The lowest BCUT2D eigenvalue weighted by atomic mass is 10.1. The van der Waals surface area contributed by atoms with Gasteiger partial charge in [0.05, 0.1) is 0 Å². The van der Waals surface area contributed by atoms with Crippen LogP contribution in [0, 0.1) is 5.41 Å². The number of amides is 2. The van der Waals surface area contributed by atoms with Crippen molar-refractivity contribution in [3.05, 3.63) is 0 Å². The zero-order chi connectivity index (χ0) is 12.2. The zero-order valence-corrected chi connectivity index (χ0v) is 9.88. The third-order valence-electron chi connectivity index (χ3n) is 2.95. The first-order chi connectivity index (χ1) is 7.41. The largest absolute Gasteiger partial charge is 0.481 e. The molecule has 0 aromatic carbocycles. The molecule has 0 heterocycles. The van der Waals surface area contributed by atoms with Crippen molar-refractivity contribution in [3.63, 3.8) is 0 Å². The number of hydrogen-bond acceptors (Lipinski definition) is 2. The lowest BCUT2D eigenvalue weighted by Crippen LogP contribution is -2.42. The van der Waals surface area contributed by atoms with Gasteiger partial charge in [-0.25, -0.2) is 4.79 Å². The number of aliphatic carboxylic acids is 1. The predicted molar refractivity (Wildman–Crippen MR) is 60.2 cm³/mol. The molecular formula is C11H20N2O3. The van der Waals surface area contributed by atoms with Gasteiger partial charge in [0.2, 0.25) is 0 Å². The van der Waals surface area contributed by atoms with Crippen LogP contribution in [0.2, 0.25) is 0 Å². The maximum Gasteiger partial charge on any atom is 0.315 e. The molecule has 1 saturated carbocycles. The molecule has 0 aliphatic heterocycles. The van der Waals surface area contributed by atoms with Crippen molar-refractivity contribution in [2.75, 3.05) is 6.54 Å². The minimum absolute atomic E-state index is 0.0825. The Morgan fingerprint density at radius 3 is 2.56 bits per heavy atom. The molecule has 1 unspecified atom stereocenters. The second-order valence-electron chi connectivity index (χ2n) is 4.97. The van der Waals surface area contributed by atoms with Crippen LogP contribution < -0.4 is 10.6 Å². The molecule has 0 aromatic heterocycles. The number of nitrogens with one attached hydrogen (secondary N) is 2. The van der Waals surface area contributed by atoms with Crippen LogP contribution >= 0.6 is 0 Å². The summed E-state index contributed by atoms with van der Waals surface area (Å²) in [6, 6.07) is -0.311. The van der Waals surface area contributed by atoms with Crippen LogP contribution in [0.3, 0.4) is 0 Å². The molecular weight excluding hydrogens is 208 g/mol. The lowest BCUT2D eigenvalue weighted by molar-refractivity contribution is -0.137. The third kappa shape index (κ3) is 5.00. The molecule has 0 saturated heterocycles. The number of carbonyl (C=O) groups is 2. The van der Waals surface area contributed by atoms with Gasteiger partial charge in [-0.3, -0.25) is 4.79 Å². The van der Waals surface area contributed by atoms with Gasteiger partial charge in [0, 0.05) is 19.0 Å². The Balaban J connectivity index is 2.10.